The molecule has 11 heavy (non-hydrogen) atoms. The summed E-state index contributed by atoms with van der Waals surface area (Å²) in [6, 6.07) is 3.44. The SMILES string of the molecule is Nc1ccc([SH](=O)=O)c(F)c1. The van der Waals surface area contributed by atoms with E-state index < -0.39 is 16.5 Å². The molecule has 0 amide bonds. The third-order valence-corrected chi connectivity index (χ3v) is 1.92. The Labute approximate surface area is 64.6 Å². The molecule has 0 atom stereocenters. The van der Waals surface area contributed by atoms with Crippen molar-refractivity contribution in [2.45, 2.75) is 4.90 Å². The smallest absolute Gasteiger partial charge is 0.171 e. The number of nitrogen functional groups attached to an aromatic ring is 1. The molecule has 1 aromatic carbocycles. The van der Waals surface area contributed by atoms with E-state index in [1.54, 1.807) is 0 Å². The van der Waals surface area contributed by atoms with Gasteiger partial charge in [-0.05, 0) is 18.2 Å². The lowest BCUT2D eigenvalue weighted by Gasteiger charge is -1.94. The number of hydrogen-bond acceptors (Lipinski definition) is 3. The molecule has 0 spiro atoms. The fourth-order valence-electron chi connectivity index (χ4n) is 0.671. The van der Waals surface area contributed by atoms with E-state index in [2.05, 4.69) is 0 Å². The molecule has 1 aromatic rings. The first-order valence-electron chi connectivity index (χ1n) is 2.80. The van der Waals surface area contributed by atoms with E-state index in [1.807, 2.05) is 0 Å². The van der Waals surface area contributed by atoms with Crippen molar-refractivity contribution in [3.8, 4) is 0 Å². The molecule has 0 bridgehead atoms. The molecule has 3 nitrogen and oxygen atoms in total. The van der Waals surface area contributed by atoms with E-state index >= 15 is 0 Å². The van der Waals surface area contributed by atoms with Crippen molar-refractivity contribution in [2.24, 2.45) is 0 Å². The first-order chi connectivity index (χ1) is 5.11. The number of thiol groups is 1. The maximum absolute atomic E-state index is 12.6. The van der Waals surface area contributed by atoms with Crippen LogP contribution in [0.3, 0.4) is 0 Å². The number of hydrogen-bond donors (Lipinski definition) is 2. The van der Waals surface area contributed by atoms with Gasteiger partial charge in [0.2, 0.25) is 0 Å². The van der Waals surface area contributed by atoms with Crippen LogP contribution < -0.4 is 5.73 Å². The highest BCUT2D eigenvalue weighted by molar-refractivity contribution is 7.72. The highest BCUT2D eigenvalue weighted by atomic mass is 32.2. The number of benzene rings is 1. The predicted octanol–water partition coefficient (Wildman–Crippen LogP) is 0.378. The molecule has 2 N–H and O–H groups in total. The van der Waals surface area contributed by atoms with Crippen LogP contribution in [0.5, 0.6) is 0 Å². The lowest BCUT2D eigenvalue weighted by Crippen LogP contribution is -1.90. The first kappa shape index (κ1) is 8.00. The van der Waals surface area contributed by atoms with Crippen LogP contribution >= 0.6 is 0 Å². The minimum absolute atomic E-state index is 0.211. The monoisotopic (exact) mass is 175 g/mol. The molecule has 0 aliphatic heterocycles. The summed E-state index contributed by atoms with van der Waals surface area (Å²) in [5, 5.41) is 0. The maximum atomic E-state index is 12.6. The van der Waals surface area contributed by atoms with Crippen molar-refractivity contribution in [3.63, 3.8) is 0 Å². The first-order valence-corrected chi connectivity index (χ1v) is 3.98. The molecule has 0 fully saturated rings. The zero-order chi connectivity index (χ0) is 8.43. The summed E-state index contributed by atoms with van der Waals surface area (Å²) in [4.78, 5) is -0.325. The summed E-state index contributed by atoms with van der Waals surface area (Å²) >= 11 is 0. The van der Waals surface area contributed by atoms with Crippen LogP contribution in [0.4, 0.5) is 10.1 Å². The molecule has 0 aliphatic carbocycles. The van der Waals surface area contributed by atoms with Gasteiger partial charge in [-0.15, -0.1) is 0 Å². The summed E-state index contributed by atoms with van der Waals surface area (Å²) in [7, 11) is -2.86. The van der Waals surface area contributed by atoms with Crippen LogP contribution in [0.2, 0.25) is 0 Å². The Hall–Kier alpha value is -1.10. The second kappa shape index (κ2) is 2.87. The van der Waals surface area contributed by atoms with Crippen molar-refractivity contribution in [3.05, 3.63) is 24.0 Å². The highest BCUT2D eigenvalue weighted by Gasteiger charge is 2.02. The molecular formula is C6H6FNO2S. The van der Waals surface area contributed by atoms with Crippen LogP contribution in [0.25, 0.3) is 0 Å². The predicted molar refractivity (Wildman–Crippen MR) is 39.4 cm³/mol. The molecule has 0 heterocycles. The zero-order valence-corrected chi connectivity index (χ0v) is 6.35. The van der Waals surface area contributed by atoms with Gasteiger partial charge in [0.15, 0.2) is 10.7 Å². The number of rotatable bonds is 1. The Balaban J connectivity index is 3.31. The van der Waals surface area contributed by atoms with Crippen molar-refractivity contribution < 1.29 is 12.8 Å². The second-order valence-electron chi connectivity index (χ2n) is 1.97. The van der Waals surface area contributed by atoms with E-state index in [4.69, 9.17) is 5.73 Å². The van der Waals surface area contributed by atoms with Crippen molar-refractivity contribution in [1.82, 2.24) is 0 Å². The van der Waals surface area contributed by atoms with Gasteiger partial charge in [0.1, 0.15) is 5.82 Å². The molecule has 60 valence electrons. The summed E-state index contributed by atoms with van der Waals surface area (Å²) in [6.07, 6.45) is 0. The van der Waals surface area contributed by atoms with Gasteiger partial charge in [-0.3, -0.25) is 0 Å². The Kier molecular flexibility index (Phi) is 2.09. The molecule has 5 heteroatoms. The van der Waals surface area contributed by atoms with E-state index in [0.717, 1.165) is 12.1 Å². The van der Waals surface area contributed by atoms with E-state index in [1.165, 1.54) is 6.07 Å². The molecule has 0 unspecified atom stereocenters. The normalized spacial score (nSPS) is 10.4. The van der Waals surface area contributed by atoms with Crippen LogP contribution in [0, 0.1) is 5.82 Å². The Morgan fingerprint density at radius 3 is 2.45 bits per heavy atom. The molecule has 0 saturated heterocycles. The van der Waals surface area contributed by atoms with Crippen molar-refractivity contribution >= 4 is 16.4 Å². The van der Waals surface area contributed by atoms with Gasteiger partial charge in [-0.2, -0.15) is 0 Å². The minimum Gasteiger partial charge on any atom is -0.399 e. The van der Waals surface area contributed by atoms with Crippen molar-refractivity contribution in [1.29, 1.82) is 0 Å². The van der Waals surface area contributed by atoms with Crippen LogP contribution in [-0.2, 0) is 10.7 Å². The zero-order valence-electron chi connectivity index (χ0n) is 5.45. The molecule has 0 radical (unpaired) electrons. The van der Waals surface area contributed by atoms with Gasteiger partial charge in [0.05, 0.1) is 4.90 Å². The molecule has 0 aliphatic rings. The summed E-state index contributed by atoms with van der Waals surface area (Å²) in [5.41, 5.74) is 5.40. The minimum atomic E-state index is -2.86. The summed E-state index contributed by atoms with van der Waals surface area (Å²) in [6.45, 7) is 0. The number of halogens is 1. The van der Waals surface area contributed by atoms with Crippen LogP contribution in [0.15, 0.2) is 23.1 Å². The third kappa shape index (κ3) is 1.68. The van der Waals surface area contributed by atoms with Gasteiger partial charge in [-0.25, -0.2) is 12.8 Å². The second-order valence-corrected chi connectivity index (χ2v) is 2.96. The molecule has 0 aromatic heterocycles. The van der Waals surface area contributed by atoms with Crippen LogP contribution in [0.1, 0.15) is 0 Å². The standard InChI is InChI=1S/C6H6FNO2S/c7-5-3-4(8)1-2-6(5)11(9)10/h1-3,11H,8H2. The quantitative estimate of drug-likeness (QED) is 0.479. The van der Waals surface area contributed by atoms with Gasteiger partial charge in [-0.1, -0.05) is 0 Å². The lowest BCUT2D eigenvalue weighted by molar-refractivity contribution is 0.579. The Morgan fingerprint density at radius 1 is 1.36 bits per heavy atom. The van der Waals surface area contributed by atoms with E-state index in [0.29, 0.717) is 0 Å². The largest absolute Gasteiger partial charge is 0.399 e. The lowest BCUT2D eigenvalue weighted by atomic mass is 10.3. The molecule has 0 saturated carbocycles. The maximum Gasteiger partial charge on any atom is 0.171 e. The highest BCUT2D eigenvalue weighted by Crippen LogP contribution is 2.12. The number of anilines is 1. The topological polar surface area (TPSA) is 60.2 Å². The molecule has 1 rings (SSSR count). The Bertz CT molecular complexity index is 340. The average Bonchev–Trinajstić information content (AvgIpc) is 1.85. The average molecular weight is 175 g/mol. The third-order valence-electron chi connectivity index (χ3n) is 1.17. The van der Waals surface area contributed by atoms with Crippen molar-refractivity contribution in [2.75, 3.05) is 5.73 Å². The fourth-order valence-corrected chi connectivity index (χ4v) is 1.11. The summed E-state index contributed by atoms with van der Waals surface area (Å²) in [5.74, 6) is -0.805. The Morgan fingerprint density at radius 2 is 2.00 bits per heavy atom. The number of nitrogens with two attached hydrogens (primary N) is 1. The molecular weight excluding hydrogens is 169 g/mol. The fraction of sp³-hybridized carbons (Fsp3) is 0. The van der Waals surface area contributed by atoms with E-state index in [-0.39, 0.29) is 10.6 Å². The van der Waals surface area contributed by atoms with Gasteiger partial charge < -0.3 is 5.73 Å². The van der Waals surface area contributed by atoms with Crippen LogP contribution in [-0.4, -0.2) is 8.42 Å². The van der Waals surface area contributed by atoms with Gasteiger partial charge in [0, 0.05) is 5.69 Å². The van der Waals surface area contributed by atoms with Gasteiger partial charge in [0.25, 0.3) is 0 Å². The summed E-state index contributed by atoms with van der Waals surface area (Å²) < 4.78 is 33.2. The van der Waals surface area contributed by atoms with E-state index in [9.17, 15) is 12.8 Å². The van der Waals surface area contributed by atoms with Gasteiger partial charge >= 0.3 is 0 Å².